The van der Waals surface area contributed by atoms with E-state index in [1.807, 2.05) is 0 Å². The minimum Gasteiger partial charge on any atom is -0.474 e. The second kappa shape index (κ2) is 16.0. The smallest absolute Gasteiger partial charge is 0.394 e. The Bertz CT molecular complexity index is 3350. The number of azo groups is 2. The summed E-state index contributed by atoms with van der Waals surface area (Å²) in [6.45, 7) is 0. The van der Waals surface area contributed by atoms with Crippen LogP contribution in [0.2, 0.25) is 0 Å². The normalized spacial score (nSPS) is 14.1. The minimum absolute atomic E-state index is 0.0193. The Morgan fingerprint density at radius 1 is 0.557 bits per heavy atom. The molecule has 0 saturated heterocycles. The lowest BCUT2D eigenvalue weighted by molar-refractivity contribution is -0.147. The van der Waals surface area contributed by atoms with E-state index in [1.54, 1.807) is 0 Å². The van der Waals surface area contributed by atoms with Crippen molar-refractivity contribution >= 4 is 114 Å². The maximum absolute atomic E-state index is 13.3. The number of aliphatic carboxylic acids is 1. The van der Waals surface area contributed by atoms with Crippen molar-refractivity contribution in [1.82, 2.24) is 0 Å². The number of carbonyl (C=O) groups excluding carboxylic acids is 2. The molecule has 20 nitrogen and oxygen atoms in total. The maximum Gasteiger partial charge on any atom is 0.394 e. The van der Waals surface area contributed by atoms with Gasteiger partial charge in [0.1, 0.15) is 10.6 Å². The number of hydrogen-bond donors (Lipinski definition) is 6. The summed E-state index contributed by atoms with van der Waals surface area (Å²) in [6.07, 6.45) is 0.898. The van der Waals surface area contributed by atoms with E-state index in [0.29, 0.717) is 0 Å². The van der Waals surface area contributed by atoms with Gasteiger partial charge in [0, 0.05) is 38.4 Å². The first-order chi connectivity index (χ1) is 28.8. The Balaban J connectivity index is 1.27. The van der Waals surface area contributed by atoms with Crippen molar-refractivity contribution < 1.29 is 58.4 Å². The Hall–Kier alpha value is -7.41. The van der Waals surface area contributed by atoms with E-state index in [2.05, 4.69) is 36.3 Å². The van der Waals surface area contributed by atoms with Crippen LogP contribution in [0.15, 0.2) is 151 Å². The van der Waals surface area contributed by atoms with E-state index in [1.165, 1.54) is 84.9 Å². The van der Waals surface area contributed by atoms with Gasteiger partial charge in [-0.05, 0) is 78.9 Å². The second-order valence-electron chi connectivity index (χ2n) is 12.8. The fraction of sp³-hybridized carbons (Fsp3) is 0. The summed E-state index contributed by atoms with van der Waals surface area (Å²) in [5, 5.41) is 32.8. The molecule has 61 heavy (non-hydrogen) atoms. The van der Waals surface area contributed by atoms with E-state index in [0.717, 1.165) is 30.3 Å². The van der Waals surface area contributed by atoms with Crippen LogP contribution in [0.5, 0.6) is 0 Å². The minimum atomic E-state index is -4.79. The quantitative estimate of drug-likeness (QED) is 0.0342. The molecular formula is C38H25N7O13S3. The number of amides is 1. The van der Waals surface area contributed by atoms with Crippen molar-refractivity contribution in [1.29, 1.82) is 0 Å². The zero-order chi connectivity index (χ0) is 43.9. The van der Waals surface area contributed by atoms with E-state index < -0.39 is 62.7 Å². The fourth-order valence-corrected chi connectivity index (χ4v) is 7.75. The molecular weight excluding hydrogens is 859 g/mol. The second-order valence-corrected chi connectivity index (χ2v) is 17.0. The van der Waals surface area contributed by atoms with Crippen LogP contribution in [0.3, 0.4) is 0 Å². The van der Waals surface area contributed by atoms with Crippen LogP contribution in [0.4, 0.5) is 34.1 Å². The lowest BCUT2D eigenvalue weighted by Crippen LogP contribution is -2.22. The number of allylic oxidation sites excluding steroid dienone is 1. The van der Waals surface area contributed by atoms with Gasteiger partial charge in [-0.1, -0.05) is 36.4 Å². The monoisotopic (exact) mass is 883 g/mol. The molecule has 308 valence electrons. The predicted molar refractivity (Wildman–Crippen MR) is 220 cm³/mol. The van der Waals surface area contributed by atoms with E-state index in [9.17, 15) is 53.3 Å². The molecule has 0 heterocycles. The summed E-state index contributed by atoms with van der Waals surface area (Å²) in [5.41, 5.74) is 3.12. The molecule has 0 spiro atoms. The summed E-state index contributed by atoms with van der Waals surface area (Å²) in [4.78, 5) is 34.0. The molecule has 23 heteroatoms. The lowest BCUT2D eigenvalue weighted by atomic mass is 9.95. The van der Waals surface area contributed by atoms with Gasteiger partial charge in [-0.15, -0.1) is 15.3 Å². The first-order valence-corrected chi connectivity index (χ1v) is 21.3. The van der Waals surface area contributed by atoms with Crippen LogP contribution in [-0.2, 0) is 39.9 Å². The number of benzene rings is 6. The number of fused-ring (bicyclic) bond motifs is 3. The third-order valence-corrected chi connectivity index (χ3v) is 11.5. The third kappa shape index (κ3) is 8.96. The van der Waals surface area contributed by atoms with Crippen LogP contribution in [0.1, 0.15) is 15.9 Å². The molecule has 0 aromatic heterocycles. The standard InChI is InChI=1S/C38H25N7O13S3/c46-36-27-4-2-1-3-26(27)35(61(56,57)58)19-34(36)45-43-31-14-16-33(29-18-23(60(53,54)55)10-12-25(29)31)44-42-30-13-15-32(28-17-22(59(50,51)52)9-11-24(28)30)41-40-21-7-5-20(6-8-21)39-37(47)38(48)49/h1-19,43H,(H,39,47)(H,48,49)(H,50,51,52)(H,53,54,55)(H,56,57,58)/b41-40?,44-42?,45-34-. The third-order valence-electron chi connectivity index (χ3n) is 8.87. The Kier molecular flexibility index (Phi) is 10.9. The van der Waals surface area contributed by atoms with Crippen LogP contribution in [-0.4, -0.2) is 67.4 Å². The number of ketones is 1. The average molecular weight is 884 g/mol. The van der Waals surface area contributed by atoms with Gasteiger partial charge >= 0.3 is 11.9 Å². The summed E-state index contributed by atoms with van der Waals surface area (Å²) in [7, 11) is -14.2. The van der Waals surface area contributed by atoms with Gasteiger partial charge in [-0.3, -0.25) is 28.7 Å². The highest BCUT2D eigenvalue weighted by molar-refractivity contribution is 7.95. The number of Topliss-reactive ketones (excluding diaryl/α,β-unsaturated/α-hetero) is 1. The summed E-state index contributed by atoms with van der Waals surface area (Å²) >= 11 is 0. The number of carboxylic acids is 1. The van der Waals surface area contributed by atoms with Gasteiger partial charge < -0.3 is 10.4 Å². The number of hydrogen-bond acceptors (Lipinski definition) is 15. The van der Waals surface area contributed by atoms with E-state index in [4.69, 9.17) is 5.11 Å². The number of carboxylic acid groups (broad SMARTS) is 1. The zero-order valence-electron chi connectivity index (χ0n) is 30.4. The van der Waals surface area contributed by atoms with Crippen molar-refractivity contribution in [2.75, 3.05) is 10.7 Å². The Morgan fingerprint density at radius 2 is 1.08 bits per heavy atom. The van der Waals surface area contributed by atoms with Crippen LogP contribution in [0, 0.1) is 0 Å². The van der Waals surface area contributed by atoms with Gasteiger partial charge in [0.2, 0.25) is 5.78 Å². The summed E-state index contributed by atoms with van der Waals surface area (Å²) in [6, 6.07) is 24.1. The molecule has 0 radical (unpaired) electrons. The maximum atomic E-state index is 13.3. The first kappa shape index (κ1) is 41.7. The Labute approximate surface area is 343 Å². The van der Waals surface area contributed by atoms with Gasteiger partial charge in [-0.25, -0.2) is 4.79 Å². The molecule has 0 saturated carbocycles. The van der Waals surface area contributed by atoms with Crippen molar-refractivity contribution in [2.24, 2.45) is 25.6 Å². The fourth-order valence-electron chi connectivity index (χ4n) is 6.02. The topological polar surface area (TPSA) is 320 Å². The first-order valence-electron chi connectivity index (χ1n) is 17.0. The number of nitrogens with one attached hydrogen (secondary N) is 2. The van der Waals surface area contributed by atoms with Gasteiger partial charge in [-0.2, -0.15) is 35.5 Å². The molecule has 0 aliphatic heterocycles. The van der Waals surface area contributed by atoms with Gasteiger partial charge in [0.05, 0.1) is 38.2 Å². The molecule has 1 amide bonds. The molecule has 7 rings (SSSR count). The van der Waals surface area contributed by atoms with Crippen LogP contribution < -0.4 is 10.7 Å². The van der Waals surface area contributed by atoms with Crippen LogP contribution in [0.25, 0.3) is 26.5 Å². The van der Waals surface area contributed by atoms with E-state index in [-0.39, 0.29) is 72.5 Å². The molecule has 0 fully saturated rings. The largest absolute Gasteiger partial charge is 0.474 e. The lowest BCUT2D eigenvalue weighted by Gasteiger charge is -2.16. The highest BCUT2D eigenvalue weighted by atomic mass is 32.2. The van der Waals surface area contributed by atoms with Crippen LogP contribution >= 0.6 is 0 Å². The SMILES string of the molecule is O=C(O)C(=O)Nc1ccc(N=Nc2ccc(N=Nc3ccc(N/N=C4/C=C(S(=O)(=O)O)c5ccccc5C4=O)c4ccc(S(=O)(=O)O)cc34)c3ccc(S(=O)(=O)O)cc23)cc1. The average Bonchev–Trinajstić information content (AvgIpc) is 3.21. The van der Waals surface area contributed by atoms with Gasteiger partial charge in [0.15, 0.2) is 0 Å². The van der Waals surface area contributed by atoms with Crippen molar-refractivity contribution in [3.05, 3.63) is 126 Å². The zero-order valence-corrected chi connectivity index (χ0v) is 32.8. The number of carbonyl (C=O) groups is 3. The number of hydrazone groups is 1. The highest BCUT2D eigenvalue weighted by Gasteiger charge is 2.30. The molecule has 1 aliphatic rings. The number of anilines is 2. The molecule has 0 unspecified atom stereocenters. The molecule has 0 bridgehead atoms. The molecule has 6 aromatic rings. The molecule has 6 aromatic carbocycles. The van der Waals surface area contributed by atoms with Gasteiger partial charge in [0.25, 0.3) is 30.4 Å². The highest BCUT2D eigenvalue weighted by Crippen LogP contribution is 2.39. The molecule has 1 aliphatic carbocycles. The molecule has 6 N–H and O–H groups in total. The van der Waals surface area contributed by atoms with Crippen molar-refractivity contribution in [2.45, 2.75) is 9.79 Å². The van der Waals surface area contributed by atoms with Crippen molar-refractivity contribution in [3.63, 3.8) is 0 Å². The van der Waals surface area contributed by atoms with E-state index >= 15 is 0 Å². The predicted octanol–water partition coefficient (Wildman–Crippen LogP) is 7.23. The molecule has 0 atom stereocenters. The summed E-state index contributed by atoms with van der Waals surface area (Å²) in [5.74, 6) is -3.59. The number of rotatable bonds is 10. The Morgan fingerprint density at radius 3 is 1.66 bits per heavy atom. The summed E-state index contributed by atoms with van der Waals surface area (Å²) < 4.78 is 102. The number of nitrogens with zero attached hydrogens (tertiary/aromatic N) is 5. The van der Waals surface area contributed by atoms with Crippen molar-refractivity contribution in [3.8, 4) is 0 Å².